The maximum absolute atomic E-state index is 13.5. The molecule has 3 aliphatic heterocycles. The zero-order valence-electron chi connectivity index (χ0n) is 23.4. The Bertz CT molecular complexity index is 1210. The van der Waals surface area contributed by atoms with Crippen LogP contribution in [0.3, 0.4) is 0 Å². The molecule has 0 aromatic heterocycles. The molecule has 214 valence electrons. The second kappa shape index (κ2) is 12.4. The number of rotatable bonds is 4. The molecule has 40 heavy (non-hydrogen) atoms. The number of para-hydroxylation sites is 1. The number of benzene rings is 2. The molecular weight excluding hydrogens is 509 g/mol. The van der Waals surface area contributed by atoms with E-state index in [4.69, 9.17) is 4.74 Å². The minimum absolute atomic E-state index is 0.00887. The molecule has 2 fully saturated rings. The van der Waals surface area contributed by atoms with Crippen LogP contribution in [0.4, 0.5) is 4.39 Å². The molecule has 3 aliphatic rings. The Kier molecular flexibility index (Phi) is 8.72. The number of ether oxygens (including phenoxy) is 1. The van der Waals surface area contributed by atoms with Crippen LogP contribution in [0.25, 0.3) is 0 Å². The first kappa shape index (κ1) is 28.1. The zero-order chi connectivity index (χ0) is 28.1. The Morgan fingerprint density at radius 1 is 1.05 bits per heavy atom. The predicted octanol–water partition coefficient (Wildman–Crippen LogP) is 4.14. The summed E-state index contributed by atoms with van der Waals surface area (Å²) in [7, 11) is 0. The van der Waals surface area contributed by atoms with Gasteiger partial charge in [0.05, 0.1) is 17.4 Å². The fraction of sp³-hybridized carbons (Fsp3) is 0.531. The molecule has 7 nitrogen and oxygen atoms in total. The van der Waals surface area contributed by atoms with Crippen LogP contribution >= 0.6 is 0 Å². The molecule has 1 spiro atoms. The lowest BCUT2D eigenvalue weighted by Crippen LogP contribution is -2.53. The molecule has 5 rings (SSSR count). The van der Waals surface area contributed by atoms with Crippen molar-refractivity contribution in [3.05, 3.63) is 65.5 Å². The molecule has 0 saturated carbocycles. The van der Waals surface area contributed by atoms with Crippen molar-refractivity contribution >= 4 is 17.7 Å². The van der Waals surface area contributed by atoms with Gasteiger partial charge in [-0.05, 0) is 74.8 Å². The van der Waals surface area contributed by atoms with Crippen molar-refractivity contribution in [1.29, 1.82) is 0 Å². The summed E-state index contributed by atoms with van der Waals surface area (Å²) in [6.07, 6.45) is 5.74. The quantitative estimate of drug-likeness (QED) is 0.622. The number of hydrogen-bond donors (Lipinski definition) is 1. The number of aryl methyl sites for hydroxylation is 1. The summed E-state index contributed by atoms with van der Waals surface area (Å²) in [5.41, 5.74) is 1.68. The van der Waals surface area contributed by atoms with Crippen LogP contribution in [0.15, 0.2) is 48.5 Å². The smallest absolute Gasteiger partial charge is 0.227 e. The van der Waals surface area contributed by atoms with E-state index in [1.807, 2.05) is 30.0 Å². The molecule has 0 bridgehead atoms. The molecule has 3 heterocycles. The topological polar surface area (TPSA) is 79.0 Å². The Hall–Kier alpha value is -3.42. The van der Waals surface area contributed by atoms with E-state index in [9.17, 15) is 18.8 Å². The van der Waals surface area contributed by atoms with Crippen LogP contribution in [-0.2, 0) is 27.2 Å². The number of nitrogens with one attached hydrogen (secondary N) is 1. The van der Waals surface area contributed by atoms with Gasteiger partial charge in [-0.25, -0.2) is 4.39 Å². The van der Waals surface area contributed by atoms with E-state index >= 15 is 0 Å². The zero-order valence-corrected chi connectivity index (χ0v) is 23.4. The van der Waals surface area contributed by atoms with Gasteiger partial charge in [-0.15, -0.1) is 0 Å². The summed E-state index contributed by atoms with van der Waals surface area (Å²) in [4.78, 5) is 43.2. The Morgan fingerprint density at radius 2 is 1.80 bits per heavy atom. The molecule has 2 atom stereocenters. The first-order valence-corrected chi connectivity index (χ1v) is 14.7. The van der Waals surface area contributed by atoms with E-state index in [0.717, 1.165) is 37.0 Å². The van der Waals surface area contributed by atoms with Gasteiger partial charge in [0, 0.05) is 32.6 Å². The van der Waals surface area contributed by atoms with Crippen LogP contribution in [-0.4, -0.2) is 66.3 Å². The molecule has 3 amide bonds. The van der Waals surface area contributed by atoms with Gasteiger partial charge in [0.25, 0.3) is 0 Å². The van der Waals surface area contributed by atoms with Crippen molar-refractivity contribution in [2.45, 2.75) is 64.3 Å². The number of piperidine rings is 1. The average molecular weight is 550 g/mol. The maximum atomic E-state index is 13.5. The first-order chi connectivity index (χ1) is 19.3. The number of carbonyl (C=O) groups excluding carboxylic acids is 3. The van der Waals surface area contributed by atoms with Crippen molar-refractivity contribution < 1.29 is 23.5 Å². The summed E-state index contributed by atoms with van der Waals surface area (Å²) in [5.74, 6) is 0.331. The lowest BCUT2D eigenvalue weighted by atomic mass is 9.73. The van der Waals surface area contributed by atoms with Crippen molar-refractivity contribution in [2.24, 2.45) is 11.3 Å². The molecule has 8 heteroatoms. The fourth-order valence-corrected chi connectivity index (χ4v) is 6.34. The summed E-state index contributed by atoms with van der Waals surface area (Å²) in [6.45, 7) is 4.37. The number of fused-ring (bicyclic) bond motifs is 1. The van der Waals surface area contributed by atoms with Gasteiger partial charge in [0.2, 0.25) is 17.7 Å². The molecule has 0 aliphatic carbocycles. The van der Waals surface area contributed by atoms with Crippen molar-refractivity contribution in [2.75, 3.05) is 32.8 Å². The second-order valence-electron chi connectivity index (χ2n) is 11.7. The first-order valence-electron chi connectivity index (χ1n) is 14.7. The van der Waals surface area contributed by atoms with Crippen molar-refractivity contribution in [3.8, 4) is 5.75 Å². The fourth-order valence-electron chi connectivity index (χ4n) is 6.34. The Labute approximate surface area is 236 Å². The Morgan fingerprint density at radius 3 is 2.58 bits per heavy atom. The molecule has 2 aromatic carbocycles. The average Bonchev–Trinajstić information content (AvgIpc) is 3.34. The monoisotopic (exact) mass is 549 g/mol. The van der Waals surface area contributed by atoms with E-state index in [1.54, 1.807) is 17.0 Å². The standard InChI is InChI=1S/C32H40FN3O4/c1-23-22-40-28-8-3-2-6-25(28)7-4-5-14-32(31(39)34-23)15-18-35(19-16-32)30(38)26-20-29(37)36(21-26)17-13-24-9-11-27(33)12-10-24/h2-3,6,8-12,23,26H,4-5,7,13-22H2,1H3,(H,34,39)/t23-,26?/m1/s1. The molecule has 1 unspecified atom stereocenters. The van der Waals surface area contributed by atoms with Gasteiger partial charge < -0.3 is 19.9 Å². The van der Waals surface area contributed by atoms with Gasteiger partial charge in [-0.1, -0.05) is 36.8 Å². The summed E-state index contributed by atoms with van der Waals surface area (Å²) in [6, 6.07) is 14.3. The predicted molar refractivity (Wildman–Crippen MR) is 150 cm³/mol. The number of halogens is 1. The third-order valence-electron chi connectivity index (χ3n) is 8.85. The SMILES string of the molecule is C[C@@H]1COc2ccccc2CCCCC2(CCN(C(=O)C3CC(=O)N(CCc4ccc(F)cc4)C3)CC2)C(=O)N1. The normalized spacial score (nSPS) is 23.6. The van der Waals surface area contributed by atoms with Gasteiger partial charge in [-0.3, -0.25) is 14.4 Å². The van der Waals surface area contributed by atoms with Crippen LogP contribution in [0.5, 0.6) is 5.75 Å². The van der Waals surface area contributed by atoms with Crippen molar-refractivity contribution in [1.82, 2.24) is 15.1 Å². The number of likely N-dealkylation sites (tertiary alicyclic amines) is 2. The van der Waals surface area contributed by atoms with E-state index in [-0.39, 0.29) is 41.9 Å². The highest BCUT2D eigenvalue weighted by Gasteiger charge is 2.44. The van der Waals surface area contributed by atoms with Crippen LogP contribution in [0.1, 0.15) is 56.6 Å². The number of carbonyl (C=O) groups is 3. The molecular formula is C32H40FN3O4. The van der Waals surface area contributed by atoms with E-state index < -0.39 is 5.41 Å². The van der Waals surface area contributed by atoms with Crippen LogP contribution in [0, 0.1) is 17.2 Å². The summed E-state index contributed by atoms with van der Waals surface area (Å²) in [5, 5.41) is 3.19. The van der Waals surface area contributed by atoms with Crippen LogP contribution < -0.4 is 10.1 Å². The largest absolute Gasteiger partial charge is 0.491 e. The van der Waals surface area contributed by atoms with Gasteiger partial charge >= 0.3 is 0 Å². The molecule has 0 radical (unpaired) electrons. The molecule has 1 N–H and O–H groups in total. The number of nitrogens with zero attached hydrogens (tertiary/aromatic N) is 2. The number of amides is 3. The lowest BCUT2D eigenvalue weighted by Gasteiger charge is -2.42. The summed E-state index contributed by atoms with van der Waals surface area (Å²) >= 11 is 0. The highest BCUT2D eigenvalue weighted by Crippen LogP contribution is 2.38. The van der Waals surface area contributed by atoms with Crippen LogP contribution in [0.2, 0.25) is 0 Å². The van der Waals surface area contributed by atoms with Gasteiger partial charge in [0.1, 0.15) is 18.2 Å². The third-order valence-corrected chi connectivity index (χ3v) is 8.85. The molecule has 2 saturated heterocycles. The van der Waals surface area contributed by atoms with E-state index in [2.05, 4.69) is 11.4 Å². The molecule has 2 aromatic rings. The van der Waals surface area contributed by atoms with Crippen molar-refractivity contribution in [3.63, 3.8) is 0 Å². The highest BCUT2D eigenvalue weighted by atomic mass is 19.1. The van der Waals surface area contributed by atoms with E-state index in [0.29, 0.717) is 52.0 Å². The minimum Gasteiger partial charge on any atom is -0.491 e. The minimum atomic E-state index is -0.490. The Balaban J connectivity index is 1.16. The highest BCUT2D eigenvalue weighted by molar-refractivity contribution is 5.89. The van der Waals surface area contributed by atoms with E-state index in [1.165, 1.54) is 17.7 Å². The maximum Gasteiger partial charge on any atom is 0.227 e. The second-order valence-corrected chi connectivity index (χ2v) is 11.7. The third kappa shape index (κ3) is 6.48. The number of hydrogen-bond acceptors (Lipinski definition) is 4. The summed E-state index contributed by atoms with van der Waals surface area (Å²) < 4.78 is 19.2. The van der Waals surface area contributed by atoms with Gasteiger partial charge in [0.15, 0.2) is 0 Å². The van der Waals surface area contributed by atoms with Gasteiger partial charge in [-0.2, -0.15) is 0 Å². The lowest BCUT2D eigenvalue weighted by molar-refractivity contribution is -0.143.